The number of nitrogens with one attached hydrogen (secondary N) is 1. The minimum absolute atomic E-state index is 0.0909. The van der Waals surface area contributed by atoms with Crippen molar-refractivity contribution >= 4 is 10.2 Å². The SMILES string of the molecule is CC(C)NS(=O)(=O)N1CCC(O)CC1. The number of rotatable bonds is 3. The van der Waals surface area contributed by atoms with Crippen LogP contribution in [0.4, 0.5) is 0 Å². The highest BCUT2D eigenvalue weighted by molar-refractivity contribution is 7.87. The third-order valence-corrected chi connectivity index (χ3v) is 3.96. The Morgan fingerprint density at radius 1 is 1.36 bits per heavy atom. The van der Waals surface area contributed by atoms with Gasteiger partial charge in [0.1, 0.15) is 0 Å². The maximum Gasteiger partial charge on any atom is 0.279 e. The number of aliphatic hydroxyl groups excluding tert-OH is 1. The van der Waals surface area contributed by atoms with Gasteiger partial charge < -0.3 is 5.11 Å². The fourth-order valence-electron chi connectivity index (χ4n) is 1.45. The zero-order chi connectivity index (χ0) is 10.8. The van der Waals surface area contributed by atoms with Crippen LogP contribution in [0.1, 0.15) is 26.7 Å². The first-order chi connectivity index (χ1) is 6.42. The minimum Gasteiger partial charge on any atom is -0.393 e. The van der Waals surface area contributed by atoms with Crippen LogP contribution >= 0.6 is 0 Å². The summed E-state index contributed by atoms with van der Waals surface area (Å²) in [6.07, 6.45) is 0.707. The summed E-state index contributed by atoms with van der Waals surface area (Å²) in [7, 11) is -3.33. The number of hydrogen-bond acceptors (Lipinski definition) is 3. The first kappa shape index (κ1) is 11.9. The first-order valence-corrected chi connectivity index (χ1v) is 6.31. The summed E-state index contributed by atoms with van der Waals surface area (Å²) in [5, 5.41) is 9.23. The second kappa shape index (κ2) is 4.57. The minimum atomic E-state index is -3.33. The molecule has 0 aromatic carbocycles. The first-order valence-electron chi connectivity index (χ1n) is 4.87. The van der Waals surface area contributed by atoms with Crippen molar-refractivity contribution in [3.05, 3.63) is 0 Å². The summed E-state index contributed by atoms with van der Waals surface area (Å²) >= 11 is 0. The molecule has 0 aliphatic carbocycles. The summed E-state index contributed by atoms with van der Waals surface area (Å²) in [6, 6.07) is -0.0909. The van der Waals surface area contributed by atoms with Crippen LogP contribution in [0, 0.1) is 0 Å². The van der Waals surface area contributed by atoms with E-state index in [4.69, 9.17) is 0 Å². The van der Waals surface area contributed by atoms with Crippen LogP contribution < -0.4 is 4.72 Å². The monoisotopic (exact) mass is 222 g/mol. The lowest BCUT2D eigenvalue weighted by Crippen LogP contribution is -2.47. The number of piperidine rings is 1. The molecule has 0 unspecified atom stereocenters. The Morgan fingerprint density at radius 3 is 2.29 bits per heavy atom. The Labute approximate surface area is 85.3 Å². The standard InChI is InChI=1S/C8H18N2O3S/c1-7(2)9-14(12,13)10-5-3-8(11)4-6-10/h7-9,11H,3-6H2,1-2H3. The van der Waals surface area contributed by atoms with Gasteiger partial charge in [0.05, 0.1) is 6.10 Å². The molecule has 0 spiro atoms. The molecule has 1 rings (SSSR count). The molecule has 5 nitrogen and oxygen atoms in total. The average molecular weight is 222 g/mol. The Morgan fingerprint density at radius 2 is 1.86 bits per heavy atom. The van der Waals surface area contributed by atoms with Crippen molar-refractivity contribution < 1.29 is 13.5 Å². The Bertz CT molecular complexity index is 268. The summed E-state index contributed by atoms with van der Waals surface area (Å²) in [4.78, 5) is 0. The van der Waals surface area contributed by atoms with Crippen LogP contribution in [0.25, 0.3) is 0 Å². The fraction of sp³-hybridized carbons (Fsp3) is 1.00. The molecule has 0 amide bonds. The van der Waals surface area contributed by atoms with Crippen LogP contribution in [-0.4, -0.2) is 43.1 Å². The Kier molecular flexibility index (Phi) is 3.88. The maximum atomic E-state index is 11.6. The quantitative estimate of drug-likeness (QED) is 0.688. The van der Waals surface area contributed by atoms with Gasteiger partial charge >= 0.3 is 0 Å². The van der Waals surface area contributed by atoms with Crippen molar-refractivity contribution in [2.75, 3.05) is 13.1 Å². The van der Waals surface area contributed by atoms with E-state index >= 15 is 0 Å². The summed E-state index contributed by atoms with van der Waals surface area (Å²) in [6.45, 7) is 4.39. The van der Waals surface area contributed by atoms with Gasteiger partial charge in [-0.25, -0.2) is 0 Å². The zero-order valence-corrected chi connectivity index (χ0v) is 9.42. The van der Waals surface area contributed by atoms with Crippen LogP contribution in [0.3, 0.4) is 0 Å². The number of aliphatic hydroxyl groups is 1. The Balaban J connectivity index is 2.56. The van der Waals surface area contributed by atoms with Crippen molar-refractivity contribution in [2.45, 2.75) is 38.8 Å². The van der Waals surface area contributed by atoms with Gasteiger partial charge in [-0.05, 0) is 26.7 Å². The molecule has 0 aromatic rings. The maximum absolute atomic E-state index is 11.6. The second-order valence-electron chi connectivity index (χ2n) is 3.91. The predicted molar refractivity (Wildman–Crippen MR) is 54.0 cm³/mol. The van der Waals surface area contributed by atoms with Crippen molar-refractivity contribution in [1.29, 1.82) is 0 Å². The van der Waals surface area contributed by atoms with Gasteiger partial charge in [-0.2, -0.15) is 17.4 Å². The number of nitrogens with zero attached hydrogens (tertiary/aromatic N) is 1. The van der Waals surface area contributed by atoms with Crippen molar-refractivity contribution in [2.24, 2.45) is 0 Å². The van der Waals surface area contributed by atoms with E-state index in [1.165, 1.54) is 4.31 Å². The van der Waals surface area contributed by atoms with Gasteiger partial charge in [0.2, 0.25) is 0 Å². The lowest BCUT2D eigenvalue weighted by atomic mass is 10.1. The van der Waals surface area contributed by atoms with Gasteiger partial charge in [-0.15, -0.1) is 0 Å². The molecule has 14 heavy (non-hydrogen) atoms. The molecule has 2 N–H and O–H groups in total. The third kappa shape index (κ3) is 3.20. The van der Waals surface area contributed by atoms with Crippen molar-refractivity contribution in [3.63, 3.8) is 0 Å². The normalized spacial score (nSPS) is 21.7. The average Bonchev–Trinajstić information content (AvgIpc) is 2.02. The van der Waals surface area contributed by atoms with Crippen LogP contribution in [-0.2, 0) is 10.2 Å². The van der Waals surface area contributed by atoms with E-state index in [1.807, 2.05) is 0 Å². The van der Waals surface area contributed by atoms with E-state index in [9.17, 15) is 13.5 Å². The molecule has 0 radical (unpaired) electrons. The van der Waals surface area contributed by atoms with Crippen LogP contribution in [0.15, 0.2) is 0 Å². The van der Waals surface area contributed by atoms with Crippen molar-refractivity contribution in [3.8, 4) is 0 Å². The molecular formula is C8H18N2O3S. The molecule has 1 fully saturated rings. The smallest absolute Gasteiger partial charge is 0.279 e. The lowest BCUT2D eigenvalue weighted by Gasteiger charge is -2.29. The van der Waals surface area contributed by atoms with Gasteiger partial charge in [0.25, 0.3) is 10.2 Å². The van der Waals surface area contributed by atoms with E-state index in [0.717, 1.165) is 0 Å². The van der Waals surface area contributed by atoms with Crippen molar-refractivity contribution in [1.82, 2.24) is 9.03 Å². The topological polar surface area (TPSA) is 69.6 Å². The zero-order valence-electron chi connectivity index (χ0n) is 8.60. The van der Waals surface area contributed by atoms with Crippen LogP contribution in [0.5, 0.6) is 0 Å². The highest BCUT2D eigenvalue weighted by Gasteiger charge is 2.27. The predicted octanol–water partition coefficient (Wildman–Crippen LogP) is -0.314. The molecule has 1 aliphatic heterocycles. The molecule has 0 aromatic heterocycles. The van der Waals surface area contributed by atoms with Gasteiger partial charge in [-0.3, -0.25) is 0 Å². The van der Waals surface area contributed by atoms with E-state index in [2.05, 4.69) is 4.72 Å². The molecule has 0 atom stereocenters. The van der Waals surface area contributed by atoms with Gasteiger partial charge in [-0.1, -0.05) is 0 Å². The molecular weight excluding hydrogens is 204 g/mol. The summed E-state index contributed by atoms with van der Waals surface area (Å²) in [5.41, 5.74) is 0. The van der Waals surface area contributed by atoms with E-state index < -0.39 is 10.2 Å². The van der Waals surface area contributed by atoms with E-state index in [-0.39, 0.29) is 12.1 Å². The van der Waals surface area contributed by atoms with Gasteiger partial charge in [0, 0.05) is 19.1 Å². The largest absolute Gasteiger partial charge is 0.393 e. The summed E-state index contributed by atoms with van der Waals surface area (Å²) in [5.74, 6) is 0. The molecule has 6 heteroatoms. The third-order valence-electron chi connectivity index (χ3n) is 2.15. The highest BCUT2D eigenvalue weighted by Crippen LogP contribution is 2.12. The lowest BCUT2D eigenvalue weighted by molar-refractivity contribution is 0.112. The van der Waals surface area contributed by atoms with Gasteiger partial charge in [0.15, 0.2) is 0 Å². The molecule has 1 aliphatic rings. The van der Waals surface area contributed by atoms with Crippen LogP contribution in [0.2, 0.25) is 0 Å². The highest BCUT2D eigenvalue weighted by atomic mass is 32.2. The Hall–Kier alpha value is -0.170. The molecule has 1 heterocycles. The van der Waals surface area contributed by atoms with E-state index in [1.54, 1.807) is 13.8 Å². The fourth-order valence-corrected chi connectivity index (χ4v) is 2.89. The van der Waals surface area contributed by atoms with E-state index in [0.29, 0.717) is 25.9 Å². The molecule has 1 saturated heterocycles. The molecule has 0 bridgehead atoms. The summed E-state index contributed by atoms with van der Waals surface area (Å²) < 4.78 is 27.2. The molecule has 84 valence electrons. The molecule has 0 saturated carbocycles. The number of hydrogen-bond donors (Lipinski definition) is 2. The second-order valence-corrected chi connectivity index (χ2v) is 5.61.